The fraction of sp³-hybridized carbons (Fsp3) is 0.211. The first-order valence-electron chi connectivity index (χ1n) is 7.49. The number of nitrogens with one attached hydrogen (secondary N) is 1. The second-order valence-corrected chi connectivity index (χ2v) is 5.80. The van der Waals surface area contributed by atoms with Gasteiger partial charge in [0.15, 0.2) is 0 Å². The summed E-state index contributed by atoms with van der Waals surface area (Å²) in [6, 6.07) is 14.1. The molecule has 3 heteroatoms. The molecule has 3 rings (SSSR count). The second kappa shape index (κ2) is 5.68. The maximum Gasteiger partial charge on any atom is 0.253 e. The summed E-state index contributed by atoms with van der Waals surface area (Å²) < 4.78 is 1.95. The molecule has 0 unspecified atom stereocenters. The van der Waals surface area contributed by atoms with Crippen molar-refractivity contribution in [3.05, 3.63) is 77.1 Å². The number of amides is 1. The largest absolute Gasteiger partial charge is 0.345 e. The lowest BCUT2D eigenvalue weighted by Crippen LogP contribution is -2.26. The Morgan fingerprint density at radius 1 is 1.09 bits per heavy atom. The third kappa shape index (κ3) is 2.75. The predicted molar refractivity (Wildman–Crippen MR) is 89.2 cm³/mol. The van der Waals surface area contributed by atoms with E-state index in [1.807, 2.05) is 48.0 Å². The predicted octanol–water partition coefficient (Wildman–Crippen LogP) is 4.05. The van der Waals surface area contributed by atoms with Crippen molar-refractivity contribution in [2.75, 3.05) is 0 Å². The van der Waals surface area contributed by atoms with E-state index in [-0.39, 0.29) is 11.9 Å². The molecule has 1 amide bonds. The van der Waals surface area contributed by atoms with Crippen LogP contribution in [0.2, 0.25) is 0 Å². The van der Waals surface area contributed by atoms with Gasteiger partial charge in [-0.05, 0) is 55.7 Å². The minimum absolute atomic E-state index is 0.0187. The number of hydrogen-bond donors (Lipinski definition) is 1. The van der Waals surface area contributed by atoms with Crippen LogP contribution in [0.25, 0.3) is 5.52 Å². The van der Waals surface area contributed by atoms with E-state index in [0.717, 1.165) is 11.1 Å². The molecular weight excluding hydrogens is 272 g/mol. The van der Waals surface area contributed by atoms with Crippen LogP contribution >= 0.6 is 0 Å². The third-order valence-electron chi connectivity index (χ3n) is 4.15. The lowest BCUT2D eigenvalue weighted by Gasteiger charge is -2.15. The van der Waals surface area contributed by atoms with Crippen LogP contribution in [0.5, 0.6) is 0 Å². The third-order valence-corrected chi connectivity index (χ3v) is 4.15. The maximum atomic E-state index is 12.4. The highest BCUT2D eigenvalue weighted by molar-refractivity contribution is 5.95. The average Bonchev–Trinajstić information content (AvgIpc) is 2.94. The van der Waals surface area contributed by atoms with Crippen LogP contribution in [0.1, 0.15) is 40.0 Å². The van der Waals surface area contributed by atoms with E-state index < -0.39 is 0 Å². The van der Waals surface area contributed by atoms with E-state index in [0.29, 0.717) is 5.56 Å². The van der Waals surface area contributed by atoms with Gasteiger partial charge >= 0.3 is 0 Å². The molecule has 0 saturated carbocycles. The first-order chi connectivity index (χ1) is 10.5. The maximum absolute atomic E-state index is 12.4. The number of nitrogens with zero attached hydrogens (tertiary/aromatic N) is 1. The summed E-state index contributed by atoms with van der Waals surface area (Å²) in [4.78, 5) is 12.4. The Hall–Kier alpha value is -2.55. The summed E-state index contributed by atoms with van der Waals surface area (Å²) in [6.45, 7) is 6.20. The highest BCUT2D eigenvalue weighted by Gasteiger charge is 2.13. The van der Waals surface area contributed by atoms with Gasteiger partial charge in [-0.3, -0.25) is 4.79 Å². The Balaban J connectivity index is 1.79. The number of hydrogen-bond acceptors (Lipinski definition) is 1. The molecule has 1 aromatic carbocycles. The molecule has 1 N–H and O–H groups in total. The van der Waals surface area contributed by atoms with Gasteiger partial charge in [0.1, 0.15) is 0 Å². The molecule has 0 aliphatic heterocycles. The summed E-state index contributed by atoms with van der Waals surface area (Å²) in [7, 11) is 0. The Bertz CT molecular complexity index is 799. The summed E-state index contributed by atoms with van der Waals surface area (Å²) in [5, 5.41) is 3.07. The zero-order valence-corrected chi connectivity index (χ0v) is 13.1. The van der Waals surface area contributed by atoms with Crippen LogP contribution in [-0.2, 0) is 0 Å². The fourth-order valence-electron chi connectivity index (χ4n) is 2.58. The summed E-state index contributed by atoms with van der Waals surface area (Å²) >= 11 is 0. The van der Waals surface area contributed by atoms with Gasteiger partial charge in [-0.2, -0.15) is 0 Å². The highest BCUT2D eigenvalue weighted by Crippen LogP contribution is 2.18. The normalized spacial score (nSPS) is 12.3. The fourth-order valence-corrected chi connectivity index (χ4v) is 2.58. The van der Waals surface area contributed by atoms with Crippen molar-refractivity contribution in [1.29, 1.82) is 0 Å². The van der Waals surface area contributed by atoms with E-state index in [4.69, 9.17) is 0 Å². The van der Waals surface area contributed by atoms with E-state index in [2.05, 4.69) is 37.4 Å². The number of fused-ring (bicyclic) bond motifs is 1. The molecule has 3 nitrogen and oxygen atoms in total. The van der Waals surface area contributed by atoms with Crippen LogP contribution in [0, 0.1) is 13.8 Å². The Morgan fingerprint density at radius 2 is 1.91 bits per heavy atom. The van der Waals surface area contributed by atoms with Gasteiger partial charge in [-0.25, -0.2) is 0 Å². The molecule has 0 aliphatic carbocycles. The number of benzene rings is 1. The van der Waals surface area contributed by atoms with Crippen LogP contribution in [0.15, 0.2) is 54.9 Å². The number of carbonyl (C=O) groups excluding carboxylic acids is 1. The van der Waals surface area contributed by atoms with Gasteiger partial charge in [-0.1, -0.05) is 24.3 Å². The van der Waals surface area contributed by atoms with Crippen LogP contribution in [0.4, 0.5) is 0 Å². The van der Waals surface area contributed by atoms with Crippen molar-refractivity contribution < 1.29 is 4.79 Å². The van der Waals surface area contributed by atoms with Gasteiger partial charge in [0.25, 0.3) is 5.91 Å². The van der Waals surface area contributed by atoms with Crippen molar-refractivity contribution in [3.63, 3.8) is 0 Å². The average molecular weight is 292 g/mol. The molecule has 0 fully saturated rings. The molecule has 0 radical (unpaired) electrons. The number of aromatic nitrogens is 1. The number of rotatable bonds is 3. The van der Waals surface area contributed by atoms with Crippen LogP contribution in [-0.4, -0.2) is 10.3 Å². The topological polar surface area (TPSA) is 33.5 Å². The van der Waals surface area contributed by atoms with E-state index in [9.17, 15) is 4.79 Å². The van der Waals surface area contributed by atoms with Crippen molar-refractivity contribution >= 4 is 11.4 Å². The summed E-state index contributed by atoms with van der Waals surface area (Å²) in [6.07, 6.45) is 3.80. The SMILES string of the molecule is Cc1ccc([C@H](C)NC(=O)c2cc3ccccn3c2)cc1C. The molecule has 0 saturated heterocycles. The lowest BCUT2D eigenvalue weighted by molar-refractivity contribution is 0.0940. The van der Waals surface area contributed by atoms with Crippen LogP contribution < -0.4 is 5.32 Å². The minimum atomic E-state index is -0.0468. The monoisotopic (exact) mass is 292 g/mol. The van der Waals surface area contributed by atoms with E-state index >= 15 is 0 Å². The minimum Gasteiger partial charge on any atom is -0.345 e. The second-order valence-electron chi connectivity index (χ2n) is 5.80. The van der Waals surface area contributed by atoms with E-state index in [1.54, 1.807) is 0 Å². The quantitative estimate of drug-likeness (QED) is 0.776. The van der Waals surface area contributed by atoms with Gasteiger partial charge in [0.2, 0.25) is 0 Å². The van der Waals surface area contributed by atoms with E-state index in [1.165, 1.54) is 11.1 Å². The number of aryl methyl sites for hydroxylation is 2. The van der Waals surface area contributed by atoms with Crippen molar-refractivity contribution in [3.8, 4) is 0 Å². The van der Waals surface area contributed by atoms with Gasteiger partial charge in [0.05, 0.1) is 11.6 Å². The Labute approximate surface area is 130 Å². The zero-order chi connectivity index (χ0) is 15.7. The highest BCUT2D eigenvalue weighted by atomic mass is 16.1. The molecule has 1 atom stereocenters. The number of carbonyl (C=O) groups is 1. The van der Waals surface area contributed by atoms with Gasteiger partial charge < -0.3 is 9.72 Å². The van der Waals surface area contributed by atoms with Crippen molar-refractivity contribution in [1.82, 2.24) is 9.72 Å². The van der Waals surface area contributed by atoms with Gasteiger partial charge in [0, 0.05) is 17.9 Å². The van der Waals surface area contributed by atoms with Crippen LogP contribution in [0.3, 0.4) is 0 Å². The molecule has 0 spiro atoms. The molecular formula is C19H20N2O. The molecule has 3 aromatic rings. The zero-order valence-electron chi connectivity index (χ0n) is 13.1. The summed E-state index contributed by atoms with van der Waals surface area (Å²) in [5.41, 5.74) is 5.34. The van der Waals surface area contributed by atoms with Gasteiger partial charge in [-0.15, -0.1) is 0 Å². The Morgan fingerprint density at radius 3 is 2.64 bits per heavy atom. The lowest BCUT2D eigenvalue weighted by atomic mass is 10.0. The smallest absolute Gasteiger partial charge is 0.253 e. The molecule has 0 aliphatic rings. The summed E-state index contributed by atoms with van der Waals surface area (Å²) in [5.74, 6) is -0.0468. The number of pyridine rings is 1. The molecule has 22 heavy (non-hydrogen) atoms. The molecule has 0 bridgehead atoms. The molecule has 2 aromatic heterocycles. The first-order valence-corrected chi connectivity index (χ1v) is 7.49. The van der Waals surface area contributed by atoms with Crippen molar-refractivity contribution in [2.45, 2.75) is 26.8 Å². The molecule has 2 heterocycles. The molecule has 112 valence electrons. The first kappa shape index (κ1) is 14.4. The Kier molecular flexibility index (Phi) is 3.72. The van der Waals surface area contributed by atoms with Crippen molar-refractivity contribution in [2.24, 2.45) is 0 Å². The standard InChI is InChI=1S/C19H20N2O/c1-13-7-8-16(10-14(13)2)15(3)20-19(22)17-11-18-6-4-5-9-21(18)12-17/h4-12,15H,1-3H3,(H,20,22)/t15-/m0/s1.